The number of aliphatic hydroxyl groups excluding tert-OH is 1. The fourth-order valence-corrected chi connectivity index (χ4v) is 7.00. The van der Waals surface area contributed by atoms with E-state index in [4.69, 9.17) is 20.9 Å². The van der Waals surface area contributed by atoms with Crippen LogP contribution >= 0.6 is 0 Å². The number of nitrogens with two attached hydrogens (primary N) is 2. The Balaban J connectivity index is 1.52. The number of aromatic nitrogens is 8. The number of benzene rings is 2. The first kappa shape index (κ1) is 41.6. The Labute approximate surface area is 338 Å². The lowest BCUT2D eigenvalue weighted by Crippen LogP contribution is -2.27. The average molecular weight is 809 g/mol. The van der Waals surface area contributed by atoms with Crippen LogP contribution in [0, 0.1) is 13.8 Å². The molecule has 0 aliphatic heterocycles. The van der Waals surface area contributed by atoms with Crippen molar-refractivity contribution < 1.29 is 33.8 Å². The highest BCUT2D eigenvalue weighted by Crippen LogP contribution is 2.29. The van der Waals surface area contributed by atoms with E-state index in [9.17, 15) is 24.3 Å². The van der Waals surface area contributed by atoms with E-state index in [1.165, 1.54) is 19.2 Å². The number of nitrogens with zero attached hydrogens (tertiary/aromatic N) is 10. The number of aliphatic hydroxyl groups is 1. The van der Waals surface area contributed by atoms with Crippen LogP contribution in [-0.4, -0.2) is 86.9 Å². The van der Waals surface area contributed by atoms with Gasteiger partial charge in [-0.2, -0.15) is 20.2 Å². The van der Waals surface area contributed by atoms with Gasteiger partial charge in [-0.05, 0) is 64.1 Å². The number of allylic oxidation sites excluding steroid dienone is 2. The van der Waals surface area contributed by atoms with E-state index in [0.29, 0.717) is 75.9 Å². The summed E-state index contributed by atoms with van der Waals surface area (Å²) >= 11 is 0. The number of primary amides is 2. The zero-order valence-corrected chi connectivity index (χ0v) is 34.1. The van der Waals surface area contributed by atoms with Crippen LogP contribution in [0.4, 0.5) is 0 Å². The van der Waals surface area contributed by atoms with Gasteiger partial charge in [-0.3, -0.25) is 28.5 Å². The molecule has 6 rings (SSSR count). The molecule has 0 aliphatic rings. The number of aryl methyl sites for hydroxylation is 6. The molecule has 4 heterocycles. The topological polar surface area (TPSA) is 239 Å². The number of hydrogen-bond acceptors (Lipinski definition) is 9. The molecule has 6 aromatic rings. The Morgan fingerprint density at radius 1 is 0.729 bits per heavy atom. The summed E-state index contributed by atoms with van der Waals surface area (Å²) in [4.78, 5) is 61.5. The second-order valence-electron chi connectivity index (χ2n) is 13.8. The van der Waals surface area contributed by atoms with Crippen LogP contribution in [0.3, 0.4) is 0 Å². The Morgan fingerprint density at radius 3 is 1.58 bits per heavy atom. The Hall–Kier alpha value is -7.02. The SMILES string of the molecule is CCn1nc(C)cc1C(=O)/N=c1\n(C)c2cc(C(N)=O)cc(OC)c2n1C/C=C/Cn1/c(=N/C(=O)c2cc(C)nn2CC)n(C)c2cc(C(N)=O)cc(OCCCO)c21. The van der Waals surface area contributed by atoms with Gasteiger partial charge in [0.15, 0.2) is 0 Å². The second kappa shape index (κ2) is 17.2. The standard InChI is InChI=1S/C40H48N12O7/c1-8-51-29(17-23(3)45-51)37(56)43-39-47(5)27-19-25(35(41)54)21-31(58-7)33(27)49(39)13-10-11-14-50-34-28(20-26(36(42)55)22-32(34)59-16-12-15-53)48(6)40(50)44-38(57)30-18-24(4)46-52(30)9-2/h10-11,17-22,53H,8-9,12-16H2,1-7H3,(H2,41,54)(H2,42,55)/b11-10+,43-39+,44-40+. The number of rotatable bonds is 15. The monoisotopic (exact) mass is 808 g/mol. The molecular formula is C40H48N12O7. The van der Waals surface area contributed by atoms with Crippen molar-refractivity contribution in [3.8, 4) is 11.5 Å². The highest BCUT2D eigenvalue weighted by Gasteiger charge is 2.22. The van der Waals surface area contributed by atoms with Gasteiger partial charge in [-0.1, -0.05) is 12.2 Å². The summed E-state index contributed by atoms with van der Waals surface area (Å²) in [6.45, 7) is 8.61. The lowest BCUT2D eigenvalue weighted by Gasteiger charge is -2.11. The molecule has 4 aromatic heterocycles. The van der Waals surface area contributed by atoms with Gasteiger partial charge in [0.25, 0.3) is 11.8 Å². The molecule has 19 nitrogen and oxygen atoms in total. The maximum absolute atomic E-state index is 13.8. The Kier molecular flexibility index (Phi) is 12.1. The molecule has 0 saturated carbocycles. The van der Waals surface area contributed by atoms with Crippen molar-refractivity contribution in [2.45, 2.75) is 60.3 Å². The fourth-order valence-electron chi connectivity index (χ4n) is 7.00. The van der Waals surface area contributed by atoms with Crippen LogP contribution in [0.15, 0.2) is 58.5 Å². The van der Waals surface area contributed by atoms with Crippen LogP contribution in [0.2, 0.25) is 0 Å². The summed E-state index contributed by atoms with van der Waals surface area (Å²) in [7, 11) is 4.91. The third-order valence-electron chi connectivity index (χ3n) is 9.79. The first-order valence-electron chi connectivity index (χ1n) is 19.0. The summed E-state index contributed by atoms with van der Waals surface area (Å²) in [6.07, 6.45) is 4.02. The number of carbonyl (C=O) groups is 4. The predicted octanol–water partition coefficient (Wildman–Crippen LogP) is 2.03. The number of imidazole rings is 2. The van der Waals surface area contributed by atoms with E-state index in [0.717, 1.165) is 0 Å². The zero-order chi connectivity index (χ0) is 42.7. The highest BCUT2D eigenvalue weighted by molar-refractivity contribution is 6.00. The predicted molar refractivity (Wildman–Crippen MR) is 217 cm³/mol. The van der Waals surface area contributed by atoms with Crippen LogP contribution in [0.5, 0.6) is 11.5 Å². The minimum Gasteiger partial charge on any atom is -0.494 e. The minimum atomic E-state index is -0.678. The number of carbonyl (C=O) groups excluding carboxylic acids is 4. The first-order valence-corrected chi connectivity index (χ1v) is 19.0. The van der Waals surface area contributed by atoms with Crippen molar-refractivity contribution >= 4 is 45.7 Å². The molecule has 4 amide bonds. The summed E-state index contributed by atoms with van der Waals surface area (Å²) < 4.78 is 21.9. The number of fused-ring (bicyclic) bond motifs is 2. The third kappa shape index (κ3) is 8.09. The molecule has 0 unspecified atom stereocenters. The van der Waals surface area contributed by atoms with Gasteiger partial charge in [0.2, 0.25) is 23.1 Å². The van der Waals surface area contributed by atoms with Crippen molar-refractivity contribution in [2.75, 3.05) is 20.3 Å². The minimum absolute atomic E-state index is 0.113. The molecule has 2 aromatic carbocycles. The smallest absolute Gasteiger partial charge is 0.298 e. The summed E-state index contributed by atoms with van der Waals surface area (Å²) in [5.74, 6) is -1.74. The van der Waals surface area contributed by atoms with Crippen LogP contribution in [0.25, 0.3) is 22.1 Å². The second-order valence-corrected chi connectivity index (χ2v) is 13.8. The molecule has 0 radical (unpaired) electrons. The maximum Gasteiger partial charge on any atom is 0.298 e. The molecule has 0 bridgehead atoms. The van der Waals surface area contributed by atoms with Crippen LogP contribution < -0.4 is 32.2 Å². The molecular weight excluding hydrogens is 761 g/mol. The Bertz CT molecular complexity index is 2810. The lowest BCUT2D eigenvalue weighted by atomic mass is 10.1. The zero-order valence-electron chi connectivity index (χ0n) is 34.1. The molecule has 19 heteroatoms. The van der Waals surface area contributed by atoms with Gasteiger partial charge in [0.05, 0.1) is 36.1 Å². The highest BCUT2D eigenvalue weighted by atomic mass is 16.5. The molecule has 0 spiro atoms. The molecule has 0 atom stereocenters. The van der Waals surface area contributed by atoms with Gasteiger partial charge in [-0.25, -0.2) is 0 Å². The number of amides is 4. The number of ether oxygens (including phenoxy) is 2. The molecule has 0 aliphatic carbocycles. The first-order chi connectivity index (χ1) is 28.2. The Morgan fingerprint density at radius 2 is 1.17 bits per heavy atom. The van der Waals surface area contributed by atoms with E-state index in [1.807, 2.05) is 26.0 Å². The summed E-state index contributed by atoms with van der Waals surface area (Å²) in [6, 6.07) is 9.63. The van der Waals surface area contributed by atoms with E-state index in [1.54, 1.807) is 79.8 Å². The quantitative estimate of drug-likeness (QED) is 0.101. The normalized spacial score (nSPS) is 12.4. The third-order valence-corrected chi connectivity index (χ3v) is 9.79. The average Bonchev–Trinajstić information content (AvgIpc) is 3.94. The van der Waals surface area contributed by atoms with E-state index < -0.39 is 23.6 Å². The van der Waals surface area contributed by atoms with E-state index in [2.05, 4.69) is 20.2 Å². The van der Waals surface area contributed by atoms with E-state index >= 15 is 0 Å². The molecule has 310 valence electrons. The van der Waals surface area contributed by atoms with Crippen molar-refractivity contribution in [1.29, 1.82) is 0 Å². The molecule has 0 saturated heterocycles. The van der Waals surface area contributed by atoms with Crippen LogP contribution in [-0.2, 0) is 40.3 Å². The number of methoxy groups -OCH3 is 1. The van der Waals surface area contributed by atoms with Gasteiger partial charge in [0, 0.05) is 64.4 Å². The summed E-state index contributed by atoms with van der Waals surface area (Å²) in [5.41, 5.74) is 16.4. The van der Waals surface area contributed by atoms with Crippen molar-refractivity contribution in [2.24, 2.45) is 35.5 Å². The molecule has 59 heavy (non-hydrogen) atoms. The van der Waals surface area contributed by atoms with Gasteiger partial charge < -0.3 is 44.3 Å². The summed E-state index contributed by atoms with van der Waals surface area (Å²) in [5, 5.41) is 18.3. The number of hydrogen-bond donors (Lipinski definition) is 3. The molecule has 5 N–H and O–H groups in total. The van der Waals surface area contributed by atoms with Crippen LogP contribution in [0.1, 0.15) is 73.3 Å². The van der Waals surface area contributed by atoms with E-state index in [-0.39, 0.29) is 48.7 Å². The lowest BCUT2D eigenvalue weighted by molar-refractivity contribution is 0.0977. The van der Waals surface area contributed by atoms with Gasteiger partial charge in [-0.15, -0.1) is 0 Å². The van der Waals surface area contributed by atoms with Gasteiger partial charge in [0.1, 0.15) is 33.9 Å². The maximum atomic E-state index is 13.8. The largest absolute Gasteiger partial charge is 0.494 e. The van der Waals surface area contributed by atoms with Crippen molar-refractivity contribution in [3.05, 3.63) is 93.7 Å². The van der Waals surface area contributed by atoms with Crippen molar-refractivity contribution in [3.63, 3.8) is 0 Å². The van der Waals surface area contributed by atoms with Gasteiger partial charge >= 0.3 is 0 Å². The fraction of sp³-hybridized carbons (Fsp3) is 0.350. The molecule has 0 fully saturated rings. The van der Waals surface area contributed by atoms with Crippen molar-refractivity contribution in [1.82, 2.24) is 37.8 Å².